The summed E-state index contributed by atoms with van der Waals surface area (Å²) in [5.74, 6) is 0.400. The minimum Gasteiger partial charge on any atom is -0.352 e. The van der Waals surface area contributed by atoms with Crippen LogP contribution in [0.15, 0.2) is 59.8 Å². The van der Waals surface area contributed by atoms with Crippen LogP contribution in [-0.4, -0.2) is 44.4 Å². The number of hydrogen-bond donors (Lipinski definition) is 1. The third-order valence-electron chi connectivity index (χ3n) is 6.17. The lowest BCUT2D eigenvalue weighted by atomic mass is 9.95. The Morgan fingerprint density at radius 3 is 2.46 bits per heavy atom. The first-order valence-corrected chi connectivity index (χ1v) is 13.2. The van der Waals surface area contributed by atoms with Gasteiger partial charge in [-0.3, -0.25) is 9.59 Å². The van der Waals surface area contributed by atoms with Crippen molar-refractivity contribution in [2.75, 3.05) is 11.4 Å². The Bertz CT molecular complexity index is 1150. The van der Waals surface area contributed by atoms with Crippen molar-refractivity contribution in [1.82, 2.24) is 20.1 Å². The molecule has 0 aliphatic heterocycles. The van der Waals surface area contributed by atoms with Crippen LogP contribution in [0.3, 0.4) is 0 Å². The largest absolute Gasteiger partial charge is 0.352 e. The third kappa shape index (κ3) is 6.44. The molecule has 2 amide bonds. The first-order valence-electron chi connectivity index (χ1n) is 11.9. The zero-order chi connectivity index (χ0) is 24.8. The van der Waals surface area contributed by atoms with E-state index in [0.29, 0.717) is 15.9 Å². The van der Waals surface area contributed by atoms with Crippen LogP contribution >= 0.6 is 23.4 Å². The number of anilines is 1. The molecule has 184 valence electrons. The minimum atomic E-state index is -0.486. The zero-order valence-corrected chi connectivity index (χ0v) is 21.6. The number of nitrogens with one attached hydrogen (secondary N) is 1. The highest BCUT2D eigenvalue weighted by Gasteiger charge is 2.28. The number of benzene rings is 2. The fourth-order valence-electron chi connectivity index (χ4n) is 4.27. The summed E-state index contributed by atoms with van der Waals surface area (Å²) in [6.07, 6.45) is 5.44. The van der Waals surface area contributed by atoms with Gasteiger partial charge in [0.1, 0.15) is 6.54 Å². The van der Waals surface area contributed by atoms with Crippen LogP contribution in [0.4, 0.5) is 5.69 Å². The van der Waals surface area contributed by atoms with E-state index in [-0.39, 0.29) is 24.4 Å². The van der Waals surface area contributed by atoms with E-state index in [4.69, 9.17) is 11.6 Å². The molecule has 4 rings (SSSR count). The number of carbonyl (C=O) groups is 2. The van der Waals surface area contributed by atoms with Crippen LogP contribution < -0.4 is 10.2 Å². The van der Waals surface area contributed by atoms with Gasteiger partial charge in [0.15, 0.2) is 11.0 Å². The highest BCUT2D eigenvalue weighted by molar-refractivity contribution is 8.00. The van der Waals surface area contributed by atoms with E-state index in [1.54, 1.807) is 24.3 Å². The van der Waals surface area contributed by atoms with Crippen LogP contribution in [0, 0.1) is 0 Å². The molecule has 0 saturated heterocycles. The molecule has 2 aromatic carbocycles. The van der Waals surface area contributed by atoms with E-state index in [0.717, 1.165) is 37.1 Å². The van der Waals surface area contributed by atoms with Gasteiger partial charge in [-0.25, -0.2) is 0 Å². The van der Waals surface area contributed by atoms with Crippen molar-refractivity contribution < 1.29 is 9.59 Å². The number of halogens is 1. The van der Waals surface area contributed by atoms with Crippen molar-refractivity contribution in [3.63, 3.8) is 0 Å². The van der Waals surface area contributed by atoms with Crippen molar-refractivity contribution in [1.29, 1.82) is 0 Å². The molecule has 3 aromatic rings. The van der Waals surface area contributed by atoms with Gasteiger partial charge in [-0.05, 0) is 44.0 Å². The summed E-state index contributed by atoms with van der Waals surface area (Å²) in [4.78, 5) is 28.0. The first-order chi connectivity index (χ1) is 16.9. The molecule has 0 bridgehead atoms. The van der Waals surface area contributed by atoms with Gasteiger partial charge >= 0.3 is 0 Å². The molecule has 1 saturated carbocycles. The second-order valence-corrected chi connectivity index (χ2v) is 10.5. The first kappa shape index (κ1) is 25.3. The maximum absolute atomic E-state index is 13.6. The van der Waals surface area contributed by atoms with Gasteiger partial charge in [0.25, 0.3) is 0 Å². The molecule has 0 radical (unpaired) electrons. The lowest BCUT2D eigenvalue weighted by Gasteiger charge is -2.27. The van der Waals surface area contributed by atoms with E-state index < -0.39 is 5.25 Å². The molecule has 0 unspecified atom stereocenters. The lowest BCUT2D eigenvalue weighted by Crippen LogP contribution is -2.46. The molecule has 1 aliphatic rings. The summed E-state index contributed by atoms with van der Waals surface area (Å²) >= 11 is 7.39. The van der Waals surface area contributed by atoms with Crippen LogP contribution in [0.25, 0.3) is 11.4 Å². The van der Waals surface area contributed by atoms with Crippen molar-refractivity contribution >= 4 is 40.9 Å². The van der Waals surface area contributed by atoms with Crippen molar-refractivity contribution in [3.8, 4) is 11.4 Å². The second-order valence-electron chi connectivity index (χ2n) is 8.79. The molecular formula is C26H30ClN5O2S. The fraction of sp³-hybridized carbons (Fsp3) is 0.385. The molecule has 1 N–H and O–H groups in total. The lowest BCUT2D eigenvalue weighted by molar-refractivity contribution is -0.124. The number of amides is 2. The van der Waals surface area contributed by atoms with Gasteiger partial charge < -0.3 is 14.8 Å². The van der Waals surface area contributed by atoms with E-state index in [9.17, 15) is 9.59 Å². The molecule has 1 atom stereocenters. The highest BCUT2D eigenvalue weighted by atomic mass is 35.5. The molecule has 0 spiro atoms. The maximum atomic E-state index is 13.6. The third-order valence-corrected chi connectivity index (χ3v) is 7.55. The van der Waals surface area contributed by atoms with Crippen molar-refractivity contribution in [3.05, 3.63) is 59.6 Å². The van der Waals surface area contributed by atoms with Crippen molar-refractivity contribution in [2.24, 2.45) is 7.05 Å². The summed E-state index contributed by atoms with van der Waals surface area (Å²) in [5.41, 5.74) is 1.59. The summed E-state index contributed by atoms with van der Waals surface area (Å²) in [6, 6.07) is 17.0. The molecule has 1 heterocycles. The van der Waals surface area contributed by atoms with E-state index in [2.05, 4.69) is 15.5 Å². The average Bonchev–Trinajstić information content (AvgIpc) is 3.23. The Hall–Kier alpha value is -2.84. The minimum absolute atomic E-state index is 0.0457. The van der Waals surface area contributed by atoms with Gasteiger partial charge in [0.05, 0.1) is 5.25 Å². The topological polar surface area (TPSA) is 80.1 Å². The van der Waals surface area contributed by atoms with E-state index >= 15 is 0 Å². The average molecular weight is 512 g/mol. The number of thioether (sulfide) groups is 1. The van der Waals surface area contributed by atoms with Crippen LogP contribution in [0.5, 0.6) is 0 Å². The number of carbonyl (C=O) groups excluding carboxylic acids is 2. The molecule has 9 heteroatoms. The molecule has 7 nitrogen and oxygen atoms in total. The molecule has 1 fully saturated rings. The monoisotopic (exact) mass is 511 g/mol. The Balaban J connectivity index is 1.49. The molecule has 1 aliphatic carbocycles. The number of hydrogen-bond acceptors (Lipinski definition) is 5. The summed E-state index contributed by atoms with van der Waals surface area (Å²) in [6.45, 7) is 1.78. The molecule has 1 aromatic heterocycles. The van der Waals surface area contributed by atoms with E-state index in [1.165, 1.54) is 23.1 Å². The SMILES string of the molecule is C[C@H](Sc1nnc(-c2ccccc2)n1C)C(=O)N(CC(=O)NC1CCCCC1)c1ccc(Cl)cc1. The maximum Gasteiger partial charge on any atom is 0.240 e. The Morgan fingerprint density at radius 1 is 1.09 bits per heavy atom. The standard InChI is InChI=1S/C26H30ClN5O2S/c1-18(35-26-30-29-24(31(26)2)19-9-5-3-6-10-19)25(34)32(22-15-13-20(27)14-16-22)17-23(33)28-21-11-7-4-8-12-21/h3,5-6,9-10,13-16,18,21H,4,7-8,11-12,17H2,1-2H3,(H,28,33)/t18-/m0/s1. The second kappa shape index (κ2) is 11.7. The zero-order valence-electron chi connectivity index (χ0n) is 20.0. The molecular weight excluding hydrogens is 482 g/mol. The van der Waals surface area contributed by atoms with Gasteiger partial charge in [-0.2, -0.15) is 0 Å². The van der Waals surface area contributed by atoms with Gasteiger partial charge in [-0.15, -0.1) is 10.2 Å². The van der Waals surface area contributed by atoms with Gasteiger partial charge in [0.2, 0.25) is 11.8 Å². The normalized spacial score (nSPS) is 14.9. The number of nitrogens with zero attached hydrogens (tertiary/aromatic N) is 4. The quantitative estimate of drug-likeness (QED) is 0.426. The van der Waals surface area contributed by atoms with Crippen LogP contribution in [0.2, 0.25) is 5.02 Å². The summed E-state index contributed by atoms with van der Waals surface area (Å²) in [5, 5.41) is 12.4. The Morgan fingerprint density at radius 2 is 1.77 bits per heavy atom. The van der Waals surface area contributed by atoms with Gasteiger partial charge in [-0.1, -0.05) is 73.0 Å². The molecule has 35 heavy (non-hydrogen) atoms. The summed E-state index contributed by atoms with van der Waals surface area (Å²) in [7, 11) is 1.89. The smallest absolute Gasteiger partial charge is 0.240 e. The Labute approximate surface area is 215 Å². The Kier molecular flexibility index (Phi) is 8.46. The predicted molar refractivity (Wildman–Crippen MR) is 141 cm³/mol. The summed E-state index contributed by atoms with van der Waals surface area (Å²) < 4.78 is 1.88. The van der Waals surface area contributed by atoms with Crippen molar-refractivity contribution in [2.45, 2.75) is 55.5 Å². The van der Waals surface area contributed by atoms with Crippen LogP contribution in [0.1, 0.15) is 39.0 Å². The predicted octanol–water partition coefficient (Wildman–Crippen LogP) is 5.10. The van der Waals surface area contributed by atoms with Crippen LogP contribution in [-0.2, 0) is 16.6 Å². The highest BCUT2D eigenvalue weighted by Crippen LogP contribution is 2.28. The number of rotatable bonds is 8. The fourth-order valence-corrected chi connectivity index (χ4v) is 5.27. The van der Waals surface area contributed by atoms with Gasteiger partial charge in [0, 0.05) is 29.4 Å². The van der Waals surface area contributed by atoms with E-state index in [1.807, 2.05) is 48.9 Å². The number of aromatic nitrogens is 3.